The van der Waals surface area contributed by atoms with E-state index in [0.29, 0.717) is 36.0 Å². The van der Waals surface area contributed by atoms with Crippen molar-refractivity contribution in [3.05, 3.63) is 93.8 Å². The number of amides is 1. The predicted molar refractivity (Wildman–Crippen MR) is 183 cm³/mol. The number of allylic oxidation sites excluding steroid dienone is 8. The Morgan fingerprint density at radius 1 is 1.12 bits per heavy atom. The van der Waals surface area contributed by atoms with Crippen molar-refractivity contribution in [3.63, 3.8) is 0 Å². The number of halogens is 4. The lowest BCUT2D eigenvalue weighted by molar-refractivity contribution is -0.119. The van der Waals surface area contributed by atoms with Crippen LogP contribution in [0, 0.1) is 24.7 Å². The highest BCUT2D eigenvalue weighted by molar-refractivity contribution is 5.97. The normalized spacial score (nSPS) is 19.3. The molecule has 2 aliphatic carbocycles. The van der Waals surface area contributed by atoms with E-state index >= 15 is 0 Å². The highest BCUT2D eigenvalue weighted by Gasteiger charge is 2.35. The SMILES string of the molecule is C=CC(F)(F)C1C=CC(OC2=CC=C(C(=O)C(C)CC(CC)CN3C=c4cc(C(=O)NCC(F)(F)CC)c(C)cc4=CCC3)CC2)=CC1. The Hall–Kier alpha value is -3.88. The number of hydrogen-bond acceptors (Lipinski definition) is 4. The van der Waals surface area contributed by atoms with E-state index in [9.17, 15) is 27.2 Å². The molecule has 1 amide bonds. The minimum atomic E-state index is -2.97. The maximum atomic E-state index is 13.9. The maximum Gasteiger partial charge on any atom is 0.272 e. The fourth-order valence-electron chi connectivity index (χ4n) is 6.30. The van der Waals surface area contributed by atoms with Gasteiger partial charge in [0.05, 0.1) is 6.54 Å². The van der Waals surface area contributed by atoms with Gasteiger partial charge in [-0.3, -0.25) is 9.59 Å². The zero-order valence-corrected chi connectivity index (χ0v) is 28.5. The standard InChI is InChI=1S/C39H48F4N2O3/c1-6-28(23-45-19-9-10-30-21-26(4)35(22-31(30)24-45)37(47)44-25-38(40,41)7-2)20-27(5)36(46)29-11-15-33(16-12-29)48-34-17-13-32(14-18-34)39(42,43)8-3/h8,10-11,13,15,17-18,21-22,24,27-28,32H,3,6-7,9,12,14,16,19-20,23,25H2,1-2,4-5H3,(H,44,47). The lowest BCUT2D eigenvalue weighted by Gasteiger charge is -2.27. The predicted octanol–water partition coefficient (Wildman–Crippen LogP) is 7.52. The summed E-state index contributed by atoms with van der Waals surface area (Å²) in [6, 6.07) is 3.72. The average Bonchev–Trinajstić information content (AvgIpc) is 3.27. The number of carbonyl (C=O) groups excluding carboxylic acids is 2. The van der Waals surface area contributed by atoms with Gasteiger partial charge in [-0.05, 0) is 90.5 Å². The number of hydrogen-bond donors (Lipinski definition) is 1. The van der Waals surface area contributed by atoms with Crippen LogP contribution >= 0.6 is 0 Å². The van der Waals surface area contributed by atoms with Crippen molar-refractivity contribution in [1.82, 2.24) is 10.2 Å². The molecule has 48 heavy (non-hydrogen) atoms. The molecule has 260 valence electrons. The molecular weight excluding hydrogens is 620 g/mol. The van der Waals surface area contributed by atoms with Crippen LogP contribution in [0.2, 0.25) is 0 Å². The fraction of sp³-hybridized carbons (Fsp3) is 0.487. The van der Waals surface area contributed by atoms with Crippen LogP contribution in [0.25, 0.3) is 12.3 Å². The quantitative estimate of drug-likeness (QED) is 0.155. The summed E-state index contributed by atoms with van der Waals surface area (Å²) in [7, 11) is 0. The molecule has 5 nitrogen and oxygen atoms in total. The van der Waals surface area contributed by atoms with E-state index in [1.807, 2.05) is 32.2 Å². The summed E-state index contributed by atoms with van der Waals surface area (Å²) in [5.74, 6) is -5.94. The van der Waals surface area contributed by atoms with E-state index in [1.165, 1.54) is 13.0 Å². The highest BCUT2D eigenvalue weighted by atomic mass is 19.3. The van der Waals surface area contributed by atoms with Gasteiger partial charge in [-0.15, -0.1) is 0 Å². The number of aryl methyl sites for hydroxylation is 1. The second-order valence-corrected chi connectivity index (χ2v) is 13.2. The van der Waals surface area contributed by atoms with E-state index in [2.05, 4.69) is 29.8 Å². The molecule has 3 atom stereocenters. The van der Waals surface area contributed by atoms with Gasteiger partial charge in [0.15, 0.2) is 5.78 Å². The first-order valence-corrected chi connectivity index (χ1v) is 17.0. The molecule has 0 bridgehead atoms. The zero-order chi connectivity index (χ0) is 35.1. The number of nitrogens with one attached hydrogen (secondary N) is 1. The Balaban J connectivity index is 1.36. The Kier molecular flexibility index (Phi) is 12.3. The van der Waals surface area contributed by atoms with Crippen molar-refractivity contribution in [2.75, 3.05) is 19.6 Å². The molecule has 0 radical (unpaired) electrons. The van der Waals surface area contributed by atoms with E-state index in [-0.39, 0.29) is 30.5 Å². The minimum absolute atomic E-state index is 0.119. The summed E-state index contributed by atoms with van der Waals surface area (Å²) in [5.41, 5.74) is 1.88. The van der Waals surface area contributed by atoms with Gasteiger partial charge in [0.1, 0.15) is 11.5 Å². The van der Waals surface area contributed by atoms with Crippen LogP contribution in [0.5, 0.6) is 0 Å². The molecule has 3 aliphatic rings. The molecule has 0 saturated carbocycles. The molecule has 3 unspecified atom stereocenters. The molecule has 1 N–H and O–H groups in total. The molecule has 9 heteroatoms. The third kappa shape index (κ3) is 9.60. The molecule has 0 spiro atoms. The van der Waals surface area contributed by atoms with Gasteiger partial charge < -0.3 is 15.0 Å². The third-order valence-electron chi connectivity index (χ3n) is 9.52. The topological polar surface area (TPSA) is 58.6 Å². The maximum absolute atomic E-state index is 13.9. The molecule has 1 aliphatic heterocycles. The van der Waals surface area contributed by atoms with Gasteiger partial charge in [0.2, 0.25) is 0 Å². The minimum Gasteiger partial charge on any atom is -0.462 e. The van der Waals surface area contributed by atoms with Crippen molar-refractivity contribution >= 4 is 24.0 Å². The van der Waals surface area contributed by atoms with Gasteiger partial charge in [-0.25, -0.2) is 17.6 Å². The summed E-state index contributed by atoms with van der Waals surface area (Å²) >= 11 is 0. The molecular formula is C39H48F4N2O3. The number of alkyl halides is 4. The van der Waals surface area contributed by atoms with Crippen LogP contribution in [0.15, 0.2) is 72.3 Å². The summed E-state index contributed by atoms with van der Waals surface area (Å²) in [5, 5.41) is 4.27. The highest BCUT2D eigenvalue weighted by Crippen LogP contribution is 2.34. The lowest BCUT2D eigenvalue weighted by Crippen LogP contribution is -2.38. The van der Waals surface area contributed by atoms with Crippen LogP contribution in [-0.4, -0.2) is 48.1 Å². The van der Waals surface area contributed by atoms with Gasteiger partial charge in [-0.2, -0.15) is 0 Å². The fourth-order valence-corrected chi connectivity index (χ4v) is 6.30. The summed E-state index contributed by atoms with van der Waals surface area (Å²) in [6.07, 6.45) is 16.5. The lowest BCUT2D eigenvalue weighted by atomic mass is 9.85. The Labute approximate surface area is 281 Å². The summed E-state index contributed by atoms with van der Waals surface area (Å²) < 4.78 is 61.2. The molecule has 0 fully saturated rings. The molecule has 4 rings (SSSR count). The third-order valence-corrected chi connectivity index (χ3v) is 9.52. The largest absolute Gasteiger partial charge is 0.462 e. The van der Waals surface area contributed by atoms with Gasteiger partial charge in [0.25, 0.3) is 17.8 Å². The van der Waals surface area contributed by atoms with Crippen molar-refractivity contribution in [3.8, 4) is 0 Å². The number of ether oxygens (including phenoxy) is 1. The first-order chi connectivity index (χ1) is 22.7. The van der Waals surface area contributed by atoms with E-state index < -0.39 is 30.2 Å². The number of carbonyl (C=O) groups is 2. The first-order valence-electron chi connectivity index (χ1n) is 17.0. The van der Waals surface area contributed by atoms with Crippen LogP contribution in [0.4, 0.5) is 17.6 Å². The number of nitrogens with zero attached hydrogens (tertiary/aromatic N) is 1. The molecule has 1 heterocycles. The van der Waals surface area contributed by atoms with Crippen LogP contribution < -0.4 is 15.8 Å². The second-order valence-electron chi connectivity index (χ2n) is 13.2. The zero-order valence-electron chi connectivity index (χ0n) is 28.5. The van der Waals surface area contributed by atoms with E-state index in [4.69, 9.17) is 4.74 Å². The monoisotopic (exact) mass is 668 g/mol. The number of fused-ring (bicyclic) bond motifs is 1. The van der Waals surface area contributed by atoms with Crippen LogP contribution in [0.3, 0.4) is 0 Å². The van der Waals surface area contributed by atoms with Gasteiger partial charge in [-0.1, -0.05) is 58.1 Å². The summed E-state index contributed by atoms with van der Waals surface area (Å²) in [4.78, 5) is 28.5. The Morgan fingerprint density at radius 2 is 1.90 bits per heavy atom. The van der Waals surface area contributed by atoms with Gasteiger partial charge >= 0.3 is 0 Å². The van der Waals surface area contributed by atoms with E-state index in [1.54, 1.807) is 24.3 Å². The molecule has 0 aromatic heterocycles. The number of rotatable bonds is 15. The molecule has 1 aromatic rings. The summed E-state index contributed by atoms with van der Waals surface area (Å²) in [6.45, 7) is 11.4. The smallest absolute Gasteiger partial charge is 0.272 e. The van der Waals surface area contributed by atoms with Crippen LogP contribution in [0.1, 0.15) is 81.6 Å². The van der Waals surface area contributed by atoms with Crippen LogP contribution in [-0.2, 0) is 9.53 Å². The molecule has 0 saturated heterocycles. The van der Waals surface area contributed by atoms with Crippen molar-refractivity contribution in [1.29, 1.82) is 0 Å². The molecule has 1 aromatic carbocycles. The number of Topliss-reactive ketones (excluding diaryl/α,β-unsaturated/α-hetero) is 1. The van der Waals surface area contributed by atoms with E-state index in [0.717, 1.165) is 53.9 Å². The van der Waals surface area contributed by atoms with Crippen molar-refractivity contribution in [2.45, 2.75) is 84.5 Å². The number of benzene rings is 1. The number of ketones is 1. The Morgan fingerprint density at radius 3 is 2.52 bits per heavy atom. The van der Waals surface area contributed by atoms with Gasteiger partial charge in [0, 0.05) is 49.5 Å². The van der Waals surface area contributed by atoms with Crippen molar-refractivity contribution < 1.29 is 31.9 Å². The first kappa shape index (κ1) is 36.9. The average molecular weight is 669 g/mol. The second kappa shape index (κ2) is 16.0. The van der Waals surface area contributed by atoms with Crippen molar-refractivity contribution in [2.24, 2.45) is 17.8 Å². The Bertz CT molecular complexity index is 1620.